The van der Waals surface area contributed by atoms with Crippen molar-refractivity contribution in [3.8, 4) is 0 Å². The van der Waals surface area contributed by atoms with E-state index in [2.05, 4.69) is 18.8 Å². The van der Waals surface area contributed by atoms with Gasteiger partial charge in [0.25, 0.3) is 5.91 Å². The van der Waals surface area contributed by atoms with Crippen molar-refractivity contribution in [1.29, 1.82) is 0 Å². The number of aryl methyl sites for hydroxylation is 1. The summed E-state index contributed by atoms with van der Waals surface area (Å²) in [4.78, 5) is 30.7. The van der Waals surface area contributed by atoms with E-state index in [1.165, 1.54) is 11.3 Å². The molecule has 1 aliphatic rings. The number of piperidine rings is 1. The zero-order valence-corrected chi connectivity index (χ0v) is 17.9. The van der Waals surface area contributed by atoms with Gasteiger partial charge >= 0.3 is 0 Å². The van der Waals surface area contributed by atoms with Gasteiger partial charge in [-0.3, -0.25) is 9.59 Å². The van der Waals surface area contributed by atoms with Crippen LogP contribution in [0.4, 0.5) is 0 Å². The van der Waals surface area contributed by atoms with Crippen LogP contribution in [-0.4, -0.2) is 54.3 Å². The van der Waals surface area contributed by atoms with Crippen LogP contribution in [-0.2, 0) is 26.5 Å². The Balaban J connectivity index is 1.70. The fourth-order valence-corrected chi connectivity index (χ4v) is 5.85. The van der Waals surface area contributed by atoms with Gasteiger partial charge in [0.2, 0.25) is 5.91 Å². The van der Waals surface area contributed by atoms with Gasteiger partial charge in [0, 0.05) is 20.1 Å². The molecule has 1 aromatic carbocycles. The van der Waals surface area contributed by atoms with Gasteiger partial charge in [-0.05, 0) is 30.4 Å². The maximum Gasteiger partial charge on any atom is 0.263 e. The summed E-state index contributed by atoms with van der Waals surface area (Å²) in [6.45, 7) is 5.24. The number of carbonyl (C=O) groups is 2. The Kier molecular flexibility index (Phi) is 6.04. The van der Waals surface area contributed by atoms with Crippen molar-refractivity contribution in [1.82, 2.24) is 9.47 Å². The molecule has 0 radical (unpaired) electrons. The van der Waals surface area contributed by atoms with Gasteiger partial charge in [-0.25, -0.2) is 8.42 Å². The Bertz CT molecular complexity index is 1060. The Morgan fingerprint density at radius 1 is 1.14 bits per heavy atom. The number of carbonyl (C=O) groups excluding carboxylic acids is 2. The van der Waals surface area contributed by atoms with E-state index in [1.54, 1.807) is 16.5 Å². The first kappa shape index (κ1) is 20.7. The van der Waals surface area contributed by atoms with Crippen molar-refractivity contribution in [2.75, 3.05) is 24.6 Å². The van der Waals surface area contributed by atoms with Gasteiger partial charge < -0.3 is 9.47 Å². The predicted molar refractivity (Wildman–Crippen MR) is 110 cm³/mol. The van der Waals surface area contributed by atoms with E-state index >= 15 is 0 Å². The SMILES string of the molecule is CC1CC(C)CN(C(=O)CS(=O)(=O)CC(=O)N=c2sc3ccccc3n2C)C1. The Labute approximate surface area is 168 Å². The van der Waals surface area contributed by atoms with Crippen molar-refractivity contribution < 1.29 is 18.0 Å². The summed E-state index contributed by atoms with van der Waals surface area (Å²) >= 11 is 1.32. The van der Waals surface area contributed by atoms with Crippen molar-refractivity contribution in [3.63, 3.8) is 0 Å². The normalized spacial score (nSPS) is 21.2. The number of amides is 2. The lowest BCUT2D eigenvalue weighted by atomic mass is 9.92. The molecule has 28 heavy (non-hydrogen) atoms. The lowest BCUT2D eigenvalue weighted by Gasteiger charge is -2.34. The van der Waals surface area contributed by atoms with Crippen LogP contribution in [0.2, 0.25) is 0 Å². The molecule has 2 aromatic rings. The second-order valence-electron chi connectivity index (χ2n) is 7.69. The topological polar surface area (TPSA) is 88.8 Å². The van der Waals surface area contributed by atoms with Crippen LogP contribution in [0.1, 0.15) is 20.3 Å². The summed E-state index contributed by atoms with van der Waals surface area (Å²) in [6.07, 6.45) is 1.03. The molecule has 1 aromatic heterocycles. The second-order valence-corrected chi connectivity index (χ2v) is 10.8. The summed E-state index contributed by atoms with van der Waals surface area (Å²) < 4.78 is 27.5. The van der Waals surface area contributed by atoms with E-state index in [4.69, 9.17) is 0 Å². The summed E-state index contributed by atoms with van der Waals surface area (Å²) in [6, 6.07) is 7.60. The third-order valence-corrected chi connectivity index (χ3v) is 7.33. The van der Waals surface area contributed by atoms with Crippen LogP contribution < -0.4 is 4.80 Å². The first-order chi connectivity index (χ1) is 13.1. The quantitative estimate of drug-likeness (QED) is 0.747. The monoisotopic (exact) mass is 423 g/mol. The standard InChI is InChI=1S/C19H25N3O4S2/c1-13-8-14(2)10-22(9-13)18(24)12-28(25,26)11-17(23)20-19-21(3)15-6-4-5-7-16(15)27-19/h4-7,13-14H,8-12H2,1-3H3. The number of aromatic nitrogens is 1. The third-order valence-electron chi connectivity index (χ3n) is 4.84. The first-order valence-electron chi connectivity index (χ1n) is 9.25. The van der Waals surface area contributed by atoms with E-state index in [9.17, 15) is 18.0 Å². The molecule has 2 atom stereocenters. The molecule has 7 nitrogen and oxygen atoms in total. The molecular formula is C19H25N3O4S2. The molecule has 0 bridgehead atoms. The molecule has 2 amide bonds. The van der Waals surface area contributed by atoms with Crippen LogP contribution in [0.3, 0.4) is 0 Å². The minimum atomic E-state index is -3.87. The zero-order valence-electron chi connectivity index (χ0n) is 16.3. The summed E-state index contributed by atoms with van der Waals surface area (Å²) in [5.74, 6) is -1.90. The van der Waals surface area contributed by atoms with Crippen molar-refractivity contribution in [2.45, 2.75) is 20.3 Å². The highest BCUT2D eigenvalue weighted by Gasteiger charge is 2.29. The Hall–Kier alpha value is -2.00. The minimum absolute atomic E-state index is 0.347. The molecule has 9 heteroatoms. The zero-order chi connectivity index (χ0) is 20.5. The van der Waals surface area contributed by atoms with E-state index in [1.807, 2.05) is 24.3 Å². The fraction of sp³-hybridized carbons (Fsp3) is 0.526. The molecule has 0 spiro atoms. The number of likely N-dealkylation sites (tertiary alicyclic amines) is 1. The maximum absolute atomic E-state index is 12.4. The van der Waals surface area contributed by atoms with Crippen LogP contribution in [0.5, 0.6) is 0 Å². The van der Waals surface area contributed by atoms with Crippen molar-refractivity contribution in [2.24, 2.45) is 23.9 Å². The highest BCUT2D eigenvalue weighted by atomic mass is 32.2. The van der Waals surface area contributed by atoms with E-state index < -0.39 is 33.2 Å². The molecule has 2 heterocycles. The lowest BCUT2D eigenvalue weighted by Crippen LogP contribution is -2.45. The number of hydrogen-bond acceptors (Lipinski definition) is 5. The number of sulfone groups is 1. The molecular weight excluding hydrogens is 398 g/mol. The lowest BCUT2D eigenvalue weighted by molar-refractivity contribution is -0.131. The smallest absolute Gasteiger partial charge is 0.263 e. The molecule has 1 fully saturated rings. The second kappa shape index (κ2) is 8.16. The maximum atomic E-state index is 12.4. The van der Waals surface area contributed by atoms with Gasteiger partial charge in [0.1, 0.15) is 11.5 Å². The Morgan fingerprint density at radius 3 is 2.43 bits per heavy atom. The summed E-state index contributed by atoms with van der Waals surface area (Å²) in [7, 11) is -2.09. The molecule has 3 rings (SSSR count). The van der Waals surface area contributed by atoms with E-state index in [0.717, 1.165) is 16.6 Å². The van der Waals surface area contributed by atoms with Crippen LogP contribution >= 0.6 is 11.3 Å². The van der Waals surface area contributed by atoms with E-state index in [-0.39, 0.29) is 0 Å². The minimum Gasteiger partial charge on any atom is -0.341 e. The average Bonchev–Trinajstić information content (AvgIpc) is 2.89. The summed E-state index contributed by atoms with van der Waals surface area (Å²) in [5.41, 5.74) is 0.922. The summed E-state index contributed by atoms with van der Waals surface area (Å²) in [5, 5.41) is 0. The van der Waals surface area contributed by atoms with Crippen LogP contribution in [0.25, 0.3) is 10.2 Å². The average molecular weight is 424 g/mol. The predicted octanol–water partition coefficient (Wildman–Crippen LogP) is 1.59. The van der Waals surface area contributed by atoms with Gasteiger partial charge in [-0.2, -0.15) is 4.99 Å². The largest absolute Gasteiger partial charge is 0.341 e. The number of thiazole rings is 1. The van der Waals surface area contributed by atoms with Gasteiger partial charge in [-0.1, -0.05) is 37.3 Å². The van der Waals surface area contributed by atoms with E-state index in [0.29, 0.717) is 29.7 Å². The number of nitrogens with zero attached hydrogens (tertiary/aromatic N) is 3. The van der Waals surface area contributed by atoms with Crippen LogP contribution in [0.15, 0.2) is 29.3 Å². The highest BCUT2D eigenvalue weighted by Crippen LogP contribution is 2.21. The number of hydrogen-bond donors (Lipinski definition) is 0. The van der Waals surface area contributed by atoms with Crippen molar-refractivity contribution in [3.05, 3.63) is 29.1 Å². The van der Waals surface area contributed by atoms with Gasteiger partial charge in [0.15, 0.2) is 14.6 Å². The molecule has 0 aliphatic carbocycles. The molecule has 152 valence electrons. The van der Waals surface area contributed by atoms with Crippen molar-refractivity contribution >= 4 is 43.2 Å². The van der Waals surface area contributed by atoms with Gasteiger partial charge in [0.05, 0.1) is 10.2 Å². The third kappa shape index (κ3) is 4.88. The van der Waals surface area contributed by atoms with Crippen LogP contribution in [0, 0.1) is 11.8 Å². The number of rotatable bonds is 4. The molecule has 1 aliphatic heterocycles. The molecule has 1 saturated heterocycles. The Morgan fingerprint density at radius 2 is 1.79 bits per heavy atom. The number of benzene rings is 1. The van der Waals surface area contributed by atoms with Gasteiger partial charge in [-0.15, -0.1) is 0 Å². The first-order valence-corrected chi connectivity index (χ1v) is 11.9. The molecule has 2 unspecified atom stereocenters. The number of fused-ring (bicyclic) bond motifs is 1. The molecule has 0 saturated carbocycles. The fourth-order valence-electron chi connectivity index (χ4n) is 3.71. The highest BCUT2D eigenvalue weighted by molar-refractivity contribution is 7.92. The number of para-hydroxylation sites is 1. The molecule has 0 N–H and O–H groups in total.